The van der Waals surface area contributed by atoms with E-state index in [-0.39, 0.29) is 0 Å². The molecule has 3 heteroatoms. The third-order valence-corrected chi connectivity index (χ3v) is 4.56. The second-order valence-electron chi connectivity index (χ2n) is 6.32. The molecular weight excluding hydrogens is 224 g/mol. The minimum Gasteiger partial charge on any atom is -0.377 e. The lowest BCUT2D eigenvalue weighted by molar-refractivity contribution is 0.0651. The van der Waals surface area contributed by atoms with Crippen molar-refractivity contribution in [3.63, 3.8) is 0 Å². The molecule has 0 aromatic carbocycles. The van der Waals surface area contributed by atoms with Crippen molar-refractivity contribution < 1.29 is 4.74 Å². The lowest BCUT2D eigenvalue weighted by Crippen LogP contribution is -2.43. The first kappa shape index (κ1) is 14.3. The molecule has 1 unspecified atom stereocenters. The monoisotopic (exact) mass is 254 g/mol. The van der Waals surface area contributed by atoms with Crippen LogP contribution in [0.25, 0.3) is 0 Å². The van der Waals surface area contributed by atoms with Crippen LogP contribution in [0.5, 0.6) is 0 Å². The van der Waals surface area contributed by atoms with E-state index in [1.165, 1.54) is 51.6 Å². The van der Waals surface area contributed by atoms with Crippen LogP contribution in [0, 0.1) is 5.41 Å². The van der Waals surface area contributed by atoms with E-state index in [1.54, 1.807) is 0 Å². The molecule has 0 aromatic heterocycles. The maximum atomic E-state index is 5.74. The Bertz CT molecular complexity index is 233. The summed E-state index contributed by atoms with van der Waals surface area (Å²) in [5, 5.41) is 3.57. The summed E-state index contributed by atoms with van der Waals surface area (Å²) in [5.74, 6) is 0. The smallest absolute Gasteiger partial charge is 0.0702 e. The third-order valence-electron chi connectivity index (χ3n) is 4.56. The molecular formula is C15H30N2O. The molecule has 2 aliphatic rings. The van der Waals surface area contributed by atoms with E-state index in [0.717, 1.165) is 19.7 Å². The molecule has 1 saturated carbocycles. The minimum atomic E-state index is 0.493. The van der Waals surface area contributed by atoms with Gasteiger partial charge in [-0.3, -0.25) is 0 Å². The Balaban J connectivity index is 1.79. The number of nitrogens with zero attached hydrogens (tertiary/aromatic N) is 1. The Morgan fingerprint density at radius 1 is 1.28 bits per heavy atom. The minimum absolute atomic E-state index is 0.493. The van der Waals surface area contributed by atoms with Crippen LogP contribution in [-0.4, -0.2) is 50.8 Å². The van der Waals surface area contributed by atoms with Gasteiger partial charge < -0.3 is 15.0 Å². The van der Waals surface area contributed by atoms with Crippen LogP contribution in [0.2, 0.25) is 0 Å². The van der Waals surface area contributed by atoms with Crippen LogP contribution in [0.15, 0.2) is 0 Å². The molecule has 18 heavy (non-hydrogen) atoms. The lowest BCUT2D eigenvalue weighted by Gasteiger charge is -2.34. The molecule has 1 aliphatic heterocycles. The molecule has 2 rings (SSSR count). The zero-order valence-electron chi connectivity index (χ0n) is 12.2. The summed E-state index contributed by atoms with van der Waals surface area (Å²) in [6, 6.07) is 0. The Labute approximate surface area is 112 Å². The highest BCUT2D eigenvalue weighted by Crippen LogP contribution is 2.38. The maximum absolute atomic E-state index is 5.74. The van der Waals surface area contributed by atoms with E-state index in [9.17, 15) is 0 Å². The summed E-state index contributed by atoms with van der Waals surface area (Å²) in [5.41, 5.74) is 0.531. The topological polar surface area (TPSA) is 24.5 Å². The fraction of sp³-hybridized carbons (Fsp3) is 1.00. The highest BCUT2D eigenvalue weighted by molar-refractivity contribution is 4.89. The number of ether oxygens (including phenoxy) is 1. The fourth-order valence-electron chi connectivity index (χ4n) is 3.68. The van der Waals surface area contributed by atoms with Crippen LogP contribution < -0.4 is 5.32 Å². The quantitative estimate of drug-likeness (QED) is 0.754. The van der Waals surface area contributed by atoms with Crippen LogP contribution in [0.4, 0.5) is 0 Å². The first-order valence-electron chi connectivity index (χ1n) is 7.75. The molecule has 0 radical (unpaired) electrons. The van der Waals surface area contributed by atoms with Crippen molar-refractivity contribution in [1.82, 2.24) is 10.2 Å². The molecule has 0 amide bonds. The number of rotatable bonds is 7. The largest absolute Gasteiger partial charge is 0.377 e. The summed E-state index contributed by atoms with van der Waals surface area (Å²) >= 11 is 0. The highest BCUT2D eigenvalue weighted by Gasteiger charge is 2.34. The van der Waals surface area contributed by atoms with Gasteiger partial charge in [-0.15, -0.1) is 0 Å². The lowest BCUT2D eigenvalue weighted by atomic mass is 9.85. The Morgan fingerprint density at radius 3 is 2.67 bits per heavy atom. The van der Waals surface area contributed by atoms with Crippen molar-refractivity contribution in [3.8, 4) is 0 Å². The van der Waals surface area contributed by atoms with Crippen LogP contribution in [-0.2, 0) is 4.74 Å². The van der Waals surface area contributed by atoms with E-state index >= 15 is 0 Å². The fourth-order valence-corrected chi connectivity index (χ4v) is 3.68. The zero-order chi connectivity index (χ0) is 12.8. The number of hydrogen-bond donors (Lipinski definition) is 1. The SMILES string of the molecule is CCNCC1(CN(C)CC2CCCO2)CCCC1. The molecule has 0 spiro atoms. The highest BCUT2D eigenvalue weighted by atomic mass is 16.5. The molecule has 1 aliphatic carbocycles. The predicted molar refractivity (Wildman–Crippen MR) is 75.9 cm³/mol. The molecule has 106 valence electrons. The third kappa shape index (κ3) is 3.94. The summed E-state index contributed by atoms with van der Waals surface area (Å²) in [6.45, 7) is 7.82. The van der Waals surface area contributed by atoms with E-state index < -0.39 is 0 Å². The van der Waals surface area contributed by atoms with E-state index in [2.05, 4.69) is 24.2 Å². The van der Waals surface area contributed by atoms with Gasteiger partial charge in [0.1, 0.15) is 0 Å². The Kier molecular flexibility index (Phi) is 5.46. The van der Waals surface area contributed by atoms with E-state index in [4.69, 9.17) is 4.74 Å². The van der Waals surface area contributed by atoms with Gasteiger partial charge in [0.05, 0.1) is 6.10 Å². The predicted octanol–water partition coefficient (Wildman–Crippen LogP) is 2.27. The summed E-state index contributed by atoms with van der Waals surface area (Å²) in [6.07, 6.45) is 8.63. The molecule has 3 nitrogen and oxygen atoms in total. The molecule has 0 aromatic rings. The second kappa shape index (κ2) is 6.88. The van der Waals surface area contributed by atoms with Crippen molar-refractivity contribution >= 4 is 0 Å². The maximum Gasteiger partial charge on any atom is 0.0702 e. The van der Waals surface area contributed by atoms with Crippen LogP contribution in [0.1, 0.15) is 45.4 Å². The van der Waals surface area contributed by atoms with E-state index in [1.807, 2.05) is 0 Å². The first-order valence-corrected chi connectivity index (χ1v) is 7.75. The normalized spacial score (nSPS) is 27.2. The zero-order valence-corrected chi connectivity index (χ0v) is 12.2. The molecule has 1 heterocycles. The Hall–Kier alpha value is -0.120. The van der Waals surface area contributed by atoms with Crippen molar-refractivity contribution in [2.45, 2.75) is 51.6 Å². The van der Waals surface area contributed by atoms with Crippen molar-refractivity contribution in [3.05, 3.63) is 0 Å². The van der Waals surface area contributed by atoms with Crippen molar-refractivity contribution in [2.24, 2.45) is 5.41 Å². The van der Waals surface area contributed by atoms with Gasteiger partial charge >= 0.3 is 0 Å². The van der Waals surface area contributed by atoms with Gasteiger partial charge in [0, 0.05) is 26.2 Å². The molecule has 1 N–H and O–H groups in total. The standard InChI is InChI=1S/C15H30N2O/c1-3-16-12-15(8-4-5-9-15)13-17(2)11-14-7-6-10-18-14/h14,16H,3-13H2,1-2H3. The first-order chi connectivity index (χ1) is 8.74. The average Bonchev–Trinajstić information content (AvgIpc) is 2.99. The molecule has 2 fully saturated rings. The average molecular weight is 254 g/mol. The summed E-state index contributed by atoms with van der Waals surface area (Å²) in [7, 11) is 2.27. The molecule has 1 saturated heterocycles. The second-order valence-corrected chi connectivity index (χ2v) is 6.32. The number of hydrogen-bond acceptors (Lipinski definition) is 3. The van der Waals surface area contributed by atoms with Gasteiger partial charge in [0.25, 0.3) is 0 Å². The number of likely N-dealkylation sites (N-methyl/N-ethyl adjacent to an activating group) is 1. The van der Waals surface area contributed by atoms with Gasteiger partial charge in [-0.05, 0) is 44.7 Å². The van der Waals surface area contributed by atoms with E-state index in [0.29, 0.717) is 11.5 Å². The van der Waals surface area contributed by atoms with Gasteiger partial charge in [0.2, 0.25) is 0 Å². The van der Waals surface area contributed by atoms with Gasteiger partial charge in [0.15, 0.2) is 0 Å². The van der Waals surface area contributed by atoms with Crippen LogP contribution in [0.3, 0.4) is 0 Å². The molecule has 1 atom stereocenters. The number of nitrogens with one attached hydrogen (secondary N) is 1. The summed E-state index contributed by atoms with van der Waals surface area (Å²) < 4.78 is 5.74. The van der Waals surface area contributed by atoms with Crippen molar-refractivity contribution in [1.29, 1.82) is 0 Å². The van der Waals surface area contributed by atoms with Gasteiger partial charge in [-0.2, -0.15) is 0 Å². The Morgan fingerprint density at radius 2 is 2.06 bits per heavy atom. The van der Waals surface area contributed by atoms with Gasteiger partial charge in [-0.25, -0.2) is 0 Å². The summed E-state index contributed by atoms with van der Waals surface area (Å²) in [4.78, 5) is 2.51. The van der Waals surface area contributed by atoms with Crippen molar-refractivity contribution in [2.75, 3.05) is 39.8 Å². The van der Waals surface area contributed by atoms with Gasteiger partial charge in [-0.1, -0.05) is 19.8 Å². The van der Waals surface area contributed by atoms with Crippen LogP contribution >= 0.6 is 0 Å². The molecule has 0 bridgehead atoms.